The van der Waals surface area contributed by atoms with Gasteiger partial charge in [-0.3, -0.25) is 0 Å². The Kier molecular flexibility index (Phi) is 3.82. The van der Waals surface area contributed by atoms with Gasteiger partial charge in [0.1, 0.15) is 11.7 Å². The van der Waals surface area contributed by atoms with E-state index >= 15 is 0 Å². The predicted octanol–water partition coefficient (Wildman–Crippen LogP) is 2.24. The summed E-state index contributed by atoms with van der Waals surface area (Å²) in [6.45, 7) is 1.66. The van der Waals surface area contributed by atoms with Crippen LogP contribution in [-0.2, 0) is 9.47 Å². The number of carboxylic acid groups (broad SMARTS) is 1. The molecule has 1 aromatic carbocycles. The van der Waals surface area contributed by atoms with Crippen LogP contribution in [0.4, 0.5) is 4.39 Å². The fourth-order valence-electron chi connectivity index (χ4n) is 2.91. The van der Waals surface area contributed by atoms with Gasteiger partial charge in [0.05, 0.1) is 18.8 Å². The van der Waals surface area contributed by atoms with Crippen LogP contribution < -0.4 is 4.74 Å². The van der Waals surface area contributed by atoms with Crippen molar-refractivity contribution in [1.82, 2.24) is 0 Å². The van der Waals surface area contributed by atoms with Crippen LogP contribution in [0.1, 0.15) is 29.6 Å². The molecule has 2 saturated heterocycles. The molecule has 2 unspecified atom stereocenters. The van der Waals surface area contributed by atoms with Crippen molar-refractivity contribution < 1.29 is 28.5 Å². The second-order valence-corrected chi connectivity index (χ2v) is 5.49. The molecular formula is C15H17FO5. The number of ether oxygens (including phenoxy) is 3. The highest BCUT2D eigenvalue weighted by Crippen LogP contribution is 2.35. The van der Waals surface area contributed by atoms with Crippen LogP contribution in [0, 0.1) is 5.82 Å². The molecule has 114 valence electrons. The summed E-state index contributed by atoms with van der Waals surface area (Å²) in [6, 6.07) is 3.91. The van der Waals surface area contributed by atoms with Crippen LogP contribution in [-0.4, -0.2) is 42.6 Å². The third-order valence-corrected chi connectivity index (χ3v) is 4.00. The SMILES string of the molecule is O=C(O)c1cccc(F)c1OC1CCOC2(CCOC2)C1. The maximum absolute atomic E-state index is 13.9. The molecule has 0 aliphatic carbocycles. The monoisotopic (exact) mass is 296 g/mol. The molecule has 0 radical (unpaired) electrons. The molecule has 2 atom stereocenters. The highest BCUT2D eigenvalue weighted by molar-refractivity contribution is 5.90. The Labute approximate surface area is 121 Å². The zero-order valence-corrected chi connectivity index (χ0v) is 11.5. The molecular weight excluding hydrogens is 279 g/mol. The number of para-hydroxylation sites is 1. The third kappa shape index (κ3) is 2.87. The summed E-state index contributed by atoms with van der Waals surface area (Å²) >= 11 is 0. The van der Waals surface area contributed by atoms with Crippen molar-refractivity contribution in [1.29, 1.82) is 0 Å². The first-order chi connectivity index (χ1) is 10.1. The number of hydrogen-bond acceptors (Lipinski definition) is 4. The summed E-state index contributed by atoms with van der Waals surface area (Å²) in [5.74, 6) is -2.04. The lowest BCUT2D eigenvalue weighted by atomic mass is 9.91. The molecule has 3 rings (SSSR count). The van der Waals surface area contributed by atoms with Crippen molar-refractivity contribution in [3.8, 4) is 5.75 Å². The summed E-state index contributed by atoms with van der Waals surface area (Å²) in [6.07, 6.45) is 1.71. The minimum Gasteiger partial charge on any atom is -0.486 e. The van der Waals surface area contributed by atoms with Crippen molar-refractivity contribution in [2.45, 2.75) is 31.0 Å². The Morgan fingerprint density at radius 2 is 2.29 bits per heavy atom. The Balaban J connectivity index is 1.79. The molecule has 2 fully saturated rings. The van der Waals surface area contributed by atoms with Crippen molar-refractivity contribution in [3.05, 3.63) is 29.6 Å². The zero-order chi connectivity index (χ0) is 14.9. The van der Waals surface area contributed by atoms with Gasteiger partial charge in [0.2, 0.25) is 0 Å². The molecule has 0 bridgehead atoms. The average Bonchev–Trinajstić information content (AvgIpc) is 2.89. The molecule has 2 aliphatic rings. The van der Waals surface area contributed by atoms with E-state index in [-0.39, 0.29) is 23.0 Å². The van der Waals surface area contributed by atoms with E-state index in [4.69, 9.17) is 19.3 Å². The molecule has 21 heavy (non-hydrogen) atoms. The van der Waals surface area contributed by atoms with Crippen LogP contribution in [0.3, 0.4) is 0 Å². The average molecular weight is 296 g/mol. The predicted molar refractivity (Wildman–Crippen MR) is 71.1 cm³/mol. The van der Waals surface area contributed by atoms with Gasteiger partial charge in [0.15, 0.2) is 11.6 Å². The van der Waals surface area contributed by atoms with Gasteiger partial charge in [0, 0.05) is 25.9 Å². The Hall–Kier alpha value is -1.66. The second kappa shape index (κ2) is 5.61. The van der Waals surface area contributed by atoms with Crippen LogP contribution in [0.2, 0.25) is 0 Å². The van der Waals surface area contributed by atoms with Crippen LogP contribution >= 0.6 is 0 Å². The molecule has 2 aliphatic heterocycles. The highest BCUT2D eigenvalue weighted by atomic mass is 19.1. The van der Waals surface area contributed by atoms with Gasteiger partial charge >= 0.3 is 5.97 Å². The quantitative estimate of drug-likeness (QED) is 0.926. The second-order valence-electron chi connectivity index (χ2n) is 5.49. The number of rotatable bonds is 3. The molecule has 5 nitrogen and oxygen atoms in total. The van der Waals surface area contributed by atoms with Crippen LogP contribution in [0.5, 0.6) is 5.75 Å². The Bertz CT molecular complexity index is 539. The Morgan fingerprint density at radius 1 is 1.43 bits per heavy atom. The van der Waals surface area contributed by atoms with Crippen molar-refractivity contribution in [3.63, 3.8) is 0 Å². The maximum Gasteiger partial charge on any atom is 0.339 e. The summed E-state index contributed by atoms with van der Waals surface area (Å²) in [5.41, 5.74) is -0.518. The van der Waals surface area contributed by atoms with E-state index in [0.717, 1.165) is 6.42 Å². The first kappa shape index (κ1) is 14.3. The normalized spacial score (nSPS) is 28.7. The lowest BCUT2D eigenvalue weighted by Crippen LogP contribution is -2.44. The van der Waals surface area contributed by atoms with Gasteiger partial charge in [-0.25, -0.2) is 9.18 Å². The van der Waals surface area contributed by atoms with Gasteiger partial charge < -0.3 is 19.3 Å². The summed E-state index contributed by atoms with van der Waals surface area (Å²) < 4.78 is 30.7. The zero-order valence-electron chi connectivity index (χ0n) is 11.5. The molecule has 1 aromatic rings. The molecule has 1 N–H and O–H groups in total. The number of hydrogen-bond donors (Lipinski definition) is 1. The van der Waals surface area contributed by atoms with Crippen LogP contribution in [0.15, 0.2) is 18.2 Å². The lowest BCUT2D eigenvalue weighted by Gasteiger charge is -2.37. The smallest absolute Gasteiger partial charge is 0.339 e. The number of aromatic carboxylic acids is 1. The Morgan fingerprint density at radius 3 is 3.00 bits per heavy atom. The summed E-state index contributed by atoms with van der Waals surface area (Å²) in [7, 11) is 0. The summed E-state index contributed by atoms with van der Waals surface area (Å²) in [5, 5.41) is 9.13. The van der Waals surface area contributed by atoms with Crippen LogP contribution in [0.25, 0.3) is 0 Å². The molecule has 6 heteroatoms. The minimum atomic E-state index is -1.20. The van der Waals surface area contributed by atoms with Gasteiger partial charge in [0.25, 0.3) is 0 Å². The van der Waals surface area contributed by atoms with E-state index < -0.39 is 11.8 Å². The van der Waals surface area contributed by atoms with E-state index in [0.29, 0.717) is 32.7 Å². The number of carbonyl (C=O) groups is 1. The van der Waals surface area contributed by atoms with Gasteiger partial charge in [-0.15, -0.1) is 0 Å². The van der Waals surface area contributed by atoms with E-state index in [2.05, 4.69) is 0 Å². The maximum atomic E-state index is 13.9. The molecule has 2 heterocycles. The largest absolute Gasteiger partial charge is 0.486 e. The highest BCUT2D eigenvalue weighted by Gasteiger charge is 2.42. The van der Waals surface area contributed by atoms with E-state index in [1.165, 1.54) is 18.2 Å². The third-order valence-electron chi connectivity index (χ3n) is 4.00. The van der Waals surface area contributed by atoms with Crippen molar-refractivity contribution >= 4 is 5.97 Å². The van der Waals surface area contributed by atoms with E-state index in [1.807, 2.05) is 0 Å². The number of halogens is 1. The molecule has 0 aromatic heterocycles. The van der Waals surface area contributed by atoms with Crippen molar-refractivity contribution in [2.24, 2.45) is 0 Å². The number of benzene rings is 1. The number of carboxylic acids is 1. The fourth-order valence-corrected chi connectivity index (χ4v) is 2.91. The van der Waals surface area contributed by atoms with Gasteiger partial charge in [-0.05, 0) is 12.1 Å². The molecule has 1 spiro atoms. The van der Waals surface area contributed by atoms with E-state index in [1.54, 1.807) is 0 Å². The first-order valence-electron chi connectivity index (χ1n) is 7.00. The molecule has 0 saturated carbocycles. The summed E-state index contributed by atoms with van der Waals surface area (Å²) in [4.78, 5) is 11.2. The van der Waals surface area contributed by atoms with E-state index in [9.17, 15) is 9.18 Å². The standard InChI is InChI=1S/C15H17FO5/c16-12-3-1-2-11(14(17)18)13(12)21-10-4-6-20-15(8-10)5-7-19-9-15/h1-3,10H,4-9H2,(H,17,18). The lowest BCUT2D eigenvalue weighted by molar-refractivity contribution is -0.112. The van der Waals surface area contributed by atoms with Gasteiger partial charge in [-0.1, -0.05) is 6.07 Å². The topological polar surface area (TPSA) is 65.0 Å². The minimum absolute atomic E-state index is 0.154. The van der Waals surface area contributed by atoms with Gasteiger partial charge in [-0.2, -0.15) is 0 Å². The molecule has 0 amide bonds. The van der Waals surface area contributed by atoms with Crippen molar-refractivity contribution in [2.75, 3.05) is 19.8 Å². The first-order valence-corrected chi connectivity index (χ1v) is 7.00. The fraction of sp³-hybridized carbons (Fsp3) is 0.533.